The first-order valence-electron chi connectivity index (χ1n) is 7.66. The number of nitrogens with one attached hydrogen (secondary N) is 1. The Labute approximate surface area is 149 Å². The molecule has 0 aliphatic carbocycles. The molecule has 0 aliphatic heterocycles. The number of carbonyl (C=O) groups excluding carboxylic acids is 1. The highest BCUT2D eigenvalue weighted by Gasteiger charge is 2.06. The normalized spacial score (nSPS) is 11.2. The summed E-state index contributed by atoms with van der Waals surface area (Å²) < 4.78 is 0. The van der Waals surface area contributed by atoms with Crippen molar-refractivity contribution in [2.24, 2.45) is 0 Å². The van der Waals surface area contributed by atoms with Crippen LogP contribution in [0.1, 0.15) is 33.9 Å². The molecule has 6 heteroatoms. The molecule has 3 aromatic rings. The zero-order valence-electron chi connectivity index (χ0n) is 13.0. The van der Waals surface area contributed by atoms with Crippen LogP contribution in [0.15, 0.2) is 53.0 Å². The third-order valence-electron chi connectivity index (χ3n) is 3.31. The molecule has 0 saturated carbocycles. The summed E-state index contributed by atoms with van der Waals surface area (Å²) in [6.07, 6.45) is 5.29. The second-order valence-corrected chi connectivity index (χ2v) is 7.13. The van der Waals surface area contributed by atoms with E-state index in [0.29, 0.717) is 11.6 Å². The number of aromatic amines is 1. The van der Waals surface area contributed by atoms with E-state index in [1.165, 1.54) is 4.88 Å². The Bertz CT molecular complexity index is 795. The number of nitrogens with zero attached hydrogens (tertiary/aromatic N) is 2. The highest BCUT2D eigenvalue weighted by atomic mass is 32.2. The first kappa shape index (κ1) is 16.7. The third-order valence-corrected chi connectivity index (χ3v) is 5.08. The molecule has 2 heterocycles. The second kappa shape index (κ2) is 8.61. The van der Waals surface area contributed by atoms with Crippen LogP contribution in [-0.4, -0.2) is 26.7 Å². The van der Waals surface area contributed by atoms with Crippen LogP contribution in [0.3, 0.4) is 0 Å². The van der Waals surface area contributed by atoms with Gasteiger partial charge in [0.2, 0.25) is 5.16 Å². The molecule has 0 radical (unpaired) electrons. The van der Waals surface area contributed by atoms with Crippen LogP contribution in [0, 0.1) is 0 Å². The Kier molecular flexibility index (Phi) is 5.98. The summed E-state index contributed by atoms with van der Waals surface area (Å²) in [5.41, 5.74) is 0.779. The van der Waals surface area contributed by atoms with E-state index in [1.54, 1.807) is 23.1 Å². The third kappa shape index (κ3) is 4.91. The highest BCUT2D eigenvalue weighted by molar-refractivity contribution is 7.99. The lowest BCUT2D eigenvalue weighted by molar-refractivity contribution is 0.0982. The van der Waals surface area contributed by atoms with Gasteiger partial charge >= 0.3 is 0 Å². The first-order chi connectivity index (χ1) is 11.8. The molecule has 1 N–H and O–H groups in total. The van der Waals surface area contributed by atoms with Gasteiger partial charge in [-0.3, -0.25) is 9.89 Å². The Morgan fingerprint density at radius 2 is 2.04 bits per heavy atom. The van der Waals surface area contributed by atoms with Crippen molar-refractivity contribution in [2.45, 2.75) is 18.0 Å². The van der Waals surface area contributed by atoms with Crippen LogP contribution in [0.25, 0.3) is 12.2 Å². The molecule has 0 spiro atoms. The van der Waals surface area contributed by atoms with Gasteiger partial charge in [-0.1, -0.05) is 48.2 Å². The fraction of sp³-hybridized carbons (Fsp3) is 0.167. The smallest absolute Gasteiger partial charge is 0.208 e. The quantitative estimate of drug-likeness (QED) is 0.358. The summed E-state index contributed by atoms with van der Waals surface area (Å²) in [4.78, 5) is 17.6. The van der Waals surface area contributed by atoms with Gasteiger partial charge in [-0.25, -0.2) is 4.98 Å². The van der Waals surface area contributed by atoms with Gasteiger partial charge in [0.1, 0.15) is 5.82 Å². The molecule has 0 bridgehead atoms. The van der Waals surface area contributed by atoms with Gasteiger partial charge in [0, 0.05) is 22.6 Å². The van der Waals surface area contributed by atoms with Gasteiger partial charge in [-0.2, -0.15) is 0 Å². The van der Waals surface area contributed by atoms with Crippen LogP contribution in [0.2, 0.25) is 0 Å². The zero-order valence-corrected chi connectivity index (χ0v) is 14.6. The summed E-state index contributed by atoms with van der Waals surface area (Å²) in [7, 11) is 0. The van der Waals surface area contributed by atoms with Gasteiger partial charge in [-0.05, 0) is 30.0 Å². The molecule has 0 saturated heterocycles. The monoisotopic (exact) mass is 355 g/mol. The van der Waals surface area contributed by atoms with E-state index in [1.807, 2.05) is 53.9 Å². The second-order valence-electron chi connectivity index (χ2n) is 5.09. The van der Waals surface area contributed by atoms with Gasteiger partial charge in [0.25, 0.3) is 0 Å². The lowest BCUT2D eigenvalue weighted by Gasteiger charge is -1.99. The maximum Gasteiger partial charge on any atom is 0.208 e. The summed E-state index contributed by atoms with van der Waals surface area (Å²) in [5.74, 6) is 1.75. The van der Waals surface area contributed by atoms with Crippen LogP contribution in [-0.2, 0) is 0 Å². The fourth-order valence-electron chi connectivity index (χ4n) is 2.11. The van der Waals surface area contributed by atoms with Crippen LogP contribution in [0.5, 0.6) is 0 Å². The molecule has 0 unspecified atom stereocenters. The zero-order chi connectivity index (χ0) is 16.6. The average molecular weight is 355 g/mol. The number of carbonyl (C=O) groups is 1. The molecule has 0 aliphatic rings. The summed E-state index contributed by atoms with van der Waals surface area (Å²) in [5, 5.41) is 9.85. The minimum Gasteiger partial charge on any atom is -0.294 e. The molecule has 4 nitrogen and oxygen atoms in total. The lowest BCUT2D eigenvalue weighted by Crippen LogP contribution is -1.99. The number of thioether (sulfide) groups is 1. The minimum atomic E-state index is 0.186. The molecular formula is C18H17N3OS2. The predicted octanol–water partition coefficient (Wildman–Crippen LogP) is 4.79. The topological polar surface area (TPSA) is 58.6 Å². The molecule has 24 heavy (non-hydrogen) atoms. The molecule has 2 aromatic heterocycles. The van der Waals surface area contributed by atoms with E-state index in [2.05, 4.69) is 21.2 Å². The van der Waals surface area contributed by atoms with Crippen molar-refractivity contribution in [1.29, 1.82) is 0 Å². The molecule has 122 valence electrons. The standard InChI is InChI=1S/C18H17N3OS2/c22-16(14-6-2-1-3-7-14)9-5-13-24-18-19-17(20-21-18)11-10-15-8-4-12-23-15/h1-4,6-8,10-12H,5,9,13H2,(H,19,20,21)/b11-10+. The number of rotatable bonds is 8. The van der Waals surface area contributed by atoms with E-state index in [-0.39, 0.29) is 5.78 Å². The summed E-state index contributed by atoms with van der Waals surface area (Å²) >= 11 is 3.25. The summed E-state index contributed by atoms with van der Waals surface area (Å²) in [6.45, 7) is 0. The van der Waals surface area contributed by atoms with Crippen LogP contribution in [0.4, 0.5) is 0 Å². The Hall–Kier alpha value is -2.18. The van der Waals surface area contributed by atoms with E-state index < -0.39 is 0 Å². The van der Waals surface area contributed by atoms with Crippen molar-refractivity contribution in [2.75, 3.05) is 5.75 Å². The number of Topliss-reactive ketones (excluding diaryl/α,β-unsaturated/α-hetero) is 1. The average Bonchev–Trinajstić information content (AvgIpc) is 3.29. The predicted molar refractivity (Wildman–Crippen MR) is 100 cm³/mol. The van der Waals surface area contributed by atoms with E-state index in [0.717, 1.165) is 23.6 Å². The minimum absolute atomic E-state index is 0.186. The number of ketones is 1. The number of hydrogen-bond donors (Lipinski definition) is 1. The van der Waals surface area contributed by atoms with Crippen molar-refractivity contribution < 1.29 is 4.79 Å². The molecule has 0 atom stereocenters. The van der Waals surface area contributed by atoms with E-state index >= 15 is 0 Å². The van der Waals surface area contributed by atoms with E-state index in [4.69, 9.17) is 0 Å². The number of aromatic nitrogens is 3. The van der Waals surface area contributed by atoms with Crippen LogP contribution >= 0.6 is 23.1 Å². The lowest BCUT2D eigenvalue weighted by atomic mass is 10.1. The number of thiophene rings is 1. The number of H-pyrrole nitrogens is 1. The molecule has 0 fully saturated rings. The van der Waals surface area contributed by atoms with Crippen molar-refractivity contribution in [3.63, 3.8) is 0 Å². The van der Waals surface area contributed by atoms with Crippen molar-refractivity contribution in [1.82, 2.24) is 15.2 Å². The van der Waals surface area contributed by atoms with E-state index in [9.17, 15) is 4.79 Å². The fourth-order valence-corrected chi connectivity index (χ4v) is 3.47. The van der Waals surface area contributed by atoms with Gasteiger partial charge in [-0.15, -0.1) is 16.4 Å². The van der Waals surface area contributed by atoms with Crippen LogP contribution < -0.4 is 0 Å². The highest BCUT2D eigenvalue weighted by Crippen LogP contribution is 2.17. The summed E-state index contributed by atoms with van der Waals surface area (Å²) in [6, 6.07) is 13.5. The Morgan fingerprint density at radius 1 is 1.17 bits per heavy atom. The molecular weight excluding hydrogens is 338 g/mol. The number of hydrogen-bond acceptors (Lipinski definition) is 5. The SMILES string of the molecule is O=C(CCCSc1n[nH]c(/C=C/c2cccs2)n1)c1ccccc1. The number of benzene rings is 1. The first-order valence-corrected chi connectivity index (χ1v) is 9.53. The van der Waals surface area contributed by atoms with Gasteiger partial charge in [0.15, 0.2) is 5.78 Å². The largest absolute Gasteiger partial charge is 0.294 e. The van der Waals surface area contributed by atoms with Crippen molar-refractivity contribution in [3.8, 4) is 0 Å². The Morgan fingerprint density at radius 3 is 2.83 bits per heavy atom. The van der Waals surface area contributed by atoms with Gasteiger partial charge in [0.05, 0.1) is 0 Å². The molecule has 0 amide bonds. The van der Waals surface area contributed by atoms with Gasteiger partial charge < -0.3 is 0 Å². The Balaban J connectivity index is 1.42. The van der Waals surface area contributed by atoms with Crippen molar-refractivity contribution in [3.05, 3.63) is 64.1 Å². The van der Waals surface area contributed by atoms with Crippen molar-refractivity contribution >= 4 is 41.0 Å². The maximum atomic E-state index is 12.0. The molecule has 3 rings (SSSR count). The maximum absolute atomic E-state index is 12.0. The molecule has 1 aromatic carbocycles.